The van der Waals surface area contributed by atoms with Gasteiger partial charge in [-0.15, -0.1) is 0 Å². The molecule has 4 rings (SSSR count). The van der Waals surface area contributed by atoms with E-state index in [-0.39, 0.29) is 5.65 Å². The number of H-pyrrole nitrogens is 1. The van der Waals surface area contributed by atoms with Crippen molar-refractivity contribution in [1.82, 2.24) is 29.5 Å². The fraction of sp³-hybridized carbons (Fsp3) is 0.125. The number of imidazole rings is 1. The van der Waals surface area contributed by atoms with Gasteiger partial charge in [-0.05, 0) is 19.1 Å². The molecule has 0 bridgehead atoms. The van der Waals surface area contributed by atoms with Crippen molar-refractivity contribution in [3.8, 4) is 11.4 Å². The third-order valence-corrected chi connectivity index (χ3v) is 3.69. The van der Waals surface area contributed by atoms with Gasteiger partial charge in [-0.3, -0.25) is 9.50 Å². The maximum Gasteiger partial charge on any atom is 0.175 e. The third-order valence-electron chi connectivity index (χ3n) is 3.69. The molecule has 0 fully saturated rings. The SMILES string of the molecule is CNc1cc(-c2c(Nc3cc[nH]n3)nc3c(F)cccn23)nc(C)n1. The average molecular weight is 338 g/mol. The number of hydrogen-bond acceptors (Lipinski definition) is 6. The Bertz CT molecular complexity index is 1040. The van der Waals surface area contributed by atoms with Gasteiger partial charge in [0.2, 0.25) is 0 Å². The summed E-state index contributed by atoms with van der Waals surface area (Å²) >= 11 is 0. The van der Waals surface area contributed by atoms with Crippen LogP contribution in [0.4, 0.5) is 21.8 Å². The average Bonchev–Trinajstić information content (AvgIpc) is 3.23. The second kappa shape index (κ2) is 5.86. The Kier molecular flexibility index (Phi) is 3.53. The van der Waals surface area contributed by atoms with E-state index in [1.54, 1.807) is 49.0 Å². The van der Waals surface area contributed by atoms with E-state index in [2.05, 4.69) is 35.8 Å². The van der Waals surface area contributed by atoms with Gasteiger partial charge in [-0.2, -0.15) is 5.10 Å². The normalized spacial score (nSPS) is 11.0. The quantitative estimate of drug-likeness (QED) is 0.529. The number of anilines is 3. The van der Waals surface area contributed by atoms with Gasteiger partial charge >= 0.3 is 0 Å². The number of aromatic amines is 1. The van der Waals surface area contributed by atoms with Gasteiger partial charge in [0.25, 0.3) is 0 Å². The number of rotatable bonds is 4. The number of aromatic nitrogens is 6. The van der Waals surface area contributed by atoms with Crippen molar-refractivity contribution in [2.45, 2.75) is 6.92 Å². The van der Waals surface area contributed by atoms with Gasteiger partial charge in [0.05, 0.1) is 5.69 Å². The molecule has 0 saturated heterocycles. The summed E-state index contributed by atoms with van der Waals surface area (Å²) < 4.78 is 15.9. The Balaban J connectivity index is 1.97. The summed E-state index contributed by atoms with van der Waals surface area (Å²) in [6, 6.07) is 6.54. The molecule has 4 heterocycles. The summed E-state index contributed by atoms with van der Waals surface area (Å²) in [4.78, 5) is 13.2. The minimum absolute atomic E-state index is 0.206. The van der Waals surface area contributed by atoms with E-state index in [1.807, 2.05) is 0 Å². The first-order valence-corrected chi connectivity index (χ1v) is 7.63. The second-order valence-corrected chi connectivity index (χ2v) is 5.38. The van der Waals surface area contributed by atoms with Crippen molar-refractivity contribution >= 4 is 23.1 Å². The smallest absolute Gasteiger partial charge is 0.175 e. The van der Waals surface area contributed by atoms with Crippen molar-refractivity contribution in [3.63, 3.8) is 0 Å². The first kappa shape index (κ1) is 15.1. The van der Waals surface area contributed by atoms with E-state index in [0.717, 1.165) is 0 Å². The number of pyridine rings is 1. The minimum Gasteiger partial charge on any atom is -0.373 e. The highest BCUT2D eigenvalue weighted by Gasteiger charge is 2.19. The van der Waals surface area contributed by atoms with Crippen molar-refractivity contribution < 1.29 is 4.39 Å². The number of hydrogen-bond donors (Lipinski definition) is 3. The van der Waals surface area contributed by atoms with E-state index < -0.39 is 5.82 Å². The molecule has 0 saturated carbocycles. The van der Waals surface area contributed by atoms with E-state index >= 15 is 0 Å². The summed E-state index contributed by atoms with van der Waals surface area (Å²) in [5, 5.41) is 12.9. The maximum atomic E-state index is 14.2. The van der Waals surface area contributed by atoms with E-state index in [1.165, 1.54) is 6.07 Å². The predicted molar refractivity (Wildman–Crippen MR) is 92.3 cm³/mol. The van der Waals surface area contributed by atoms with Crippen molar-refractivity contribution in [2.75, 3.05) is 17.7 Å². The summed E-state index contributed by atoms with van der Waals surface area (Å²) in [6.07, 6.45) is 3.43. The van der Waals surface area contributed by atoms with Crippen molar-refractivity contribution in [1.29, 1.82) is 0 Å². The molecule has 0 aliphatic rings. The topological polar surface area (TPSA) is 95.8 Å². The molecule has 0 unspecified atom stereocenters. The molecule has 0 atom stereocenters. The zero-order valence-corrected chi connectivity index (χ0v) is 13.6. The number of halogens is 1. The van der Waals surface area contributed by atoms with Gasteiger partial charge in [0.15, 0.2) is 23.1 Å². The van der Waals surface area contributed by atoms with Crippen molar-refractivity contribution in [2.24, 2.45) is 0 Å². The molecule has 126 valence electrons. The molecule has 0 radical (unpaired) electrons. The monoisotopic (exact) mass is 338 g/mol. The van der Waals surface area contributed by atoms with Crippen LogP contribution in [0.25, 0.3) is 17.0 Å². The minimum atomic E-state index is -0.418. The van der Waals surface area contributed by atoms with E-state index in [0.29, 0.717) is 34.7 Å². The Labute approximate surface area is 142 Å². The highest BCUT2D eigenvalue weighted by Crippen LogP contribution is 2.31. The van der Waals surface area contributed by atoms with Gasteiger partial charge in [-0.1, -0.05) is 0 Å². The molecule has 0 aliphatic carbocycles. The fourth-order valence-electron chi connectivity index (χ4n) is 2.63. The molecular weight excluding hydrogens is 323 g/mol. The number of fused-ring (bicyclic) bond motifs is 1. The zero-order valence-electron chi connectivity index (χ0n) is 13.6. The lowest BCUT2D eigenvalue weighted by Gasteiger charge is -2.08. The molecule has 9 heteroatoms. The van der Waals surface area contributed by atoms with Gasteiger partial charge in [-0.25, -0.2) is 19.3 Å². The van der Waals surface area contributed by atoms with Crippen LogP contribution < -0.4 is 10.6 Å². The van der Waals surface area contributed by atoms with Crippen LogP contribution >= 0.6 is 0 Å². The first-order valence-electron chi connectivity index (χ1n) is 7.63. The van der Waals surface area contributed by atoms with Crippen LogP contribution in [0.3, 0.4) is 0 Å². The Morgan fingerprint density at radius 2 is 2.04 bits per heavy atom. The summed E-state index contributed by atoms with van der Waals surface area (Å²) in [7, 11) is 1.78. The Hall–Kier alpha value is -3.49. The third kappa shape index (κ3) is 2.65. The standard InChI is InChI=1S/C16H15FN8/c1-9-20-11(8-13(18-2)21-9)14-15(22-12-5-6-19-24-12)23-16-10(17)4-3-7-25(14)16/h3-8H,1-2H3,(H,18,20,21)(H2,19,22,24). The van der Waals surface area contributed by atoms with Crippen LogP contribution in [-0.4, -0.2) is 36.6 Å². The number of nitrogens with zero attached hydrogens (tertiary/aromatic N) is 5. The van der Waals surface area contributed by atoms with Crippen LogP contribution in [0.15, 0.2) is 36.7 Å². The molecule has 0 amide bonds. The lowest BCUT2D eigenvalue weighted by Crippen LogP contribution is -2.01. The lowest BCUT2D eigenvalue weighted by molar-refractivity contribution is 0.630. The summed E-state index contributed by atoms with van der Waals surface area (Å²) in [6.45, 7) is 1.80. The molecule has 0 aromatic carbocycles. The Morgan fingerprint density at radius 3 is 2.80 bits per heavy atom. The molecule has 25 heavy (non-hydrogen) atoms. The molecule has 8 nitrogen and oxygen atoms in total. The van der Waals surface area contributed by atoms with Crippen molar-refractivity contribution in [3.05, 3.63) is 48.3 Å². The van der Waals surface area contributed by atoms with Crippen LogP contribution in [0, 0.1) is 12.7 Å². The highest BCUT2D eigenvalue weighted by atomic mass is 19.1. The molecule has 0 spiro atoms. The van der Waals surface area contributed by atoms with Gasteiger partial charge < -0.3 is 10.6 Å². The van der Waals surface area contributed by atoms with Crippen LogP contribution in [0.1, 0.15) is 5.82 Å². The molecule has 0 aliphatic heterocycles. The largest absolute Gasteiger partial charge is 0.373 e. The zero-order chi connectivity index (χ0) is 17.4. The fourth-order valence-corrected chi connectivity index (χ4v) is 2.63. The molecule has 4 aromatic heterocycles. The van der Waals surface area contributed by atoms with Crippen LogP contribution in [-0.2, 0) is 0 Å². The Morgan fingerprint density at radius 1 is 1.16 bits per heavy atom. The maximum absolute atomic E-state index is 14.2. The summed E-state index contributed by atoms with van der Waals surface area (Å²) in [5.74, 6) is 1.87. The number of nitrogens with one attached hydrogen (secondary N) is 3. The second-order valence-electron chi connectivity index (χ2n) is 5.38. The van der Waals surface area contributed by atoms with Gasteiger partial charge in [0, 0.05) is 31.6 Å². The first-order chi connectivity index (χ1) is 12.2. The van der Waals surface area contributed by atoms with E-state index in [9.17, 15) is 4.39 Å². The molecular formula is C16H15FN8. The van der Waals surface area contributed by atoms with Crippen LogP contribution in [0.5, 0.6) is 0 Å². The molecule has 4 aromatic rings. The van der Waals surface area contributed by atoms with E-state index in [4.69, 9.17) is 0 Å². The number of aryl methyl sites for hydroxylation is 1. The van der Waals surface area contributed by atoms with Crippen LogP contribution in [0.2, 0.25) is 0 Å². The predicted octanol–water partition coefficient (Wildman–Crippen LogP) is 2.75. The lowest BCUT2D eigenvalue weighted by atomic mass is 10.2. The van der Waals surface area contributed by atoms with Gasteiger partial charge in [0.1, 0.15) is 17.3 Å². The summed E-state index contributed by atoms with van der Waals surface area (Å²) in [5.41, 5.74) is 1.45. The highest BCUT2D eigenvalue weighted by molar-refractivity contribution is 5.78. The molecule has 3 N–H and O–H groups in total.